The minimum absolute atomic E-state index is 0.287. The largest absolute Gasteiger partial charge is 0.495 e. The van der Waals surface area contributed by atoms with Crippen LogP contribution in [0.2, 0.25) is 0 Å². The summed E-state index contributed by atoms with van der Waals surface area (Å²) in [5.74, 6) is 0.568. The van der Waals surface area contributed by atoms with E-state index in [1.807, 2.05) is 48.5 Å². The fraction of sp³-hybridized carbons (Fsp3) is 0.296. The number of carbonyl (C=O) groups excluding carboxylic acids is 1. The number of hydrogen-bond donors (Lipinski definition) is 2. The molecule has 1 saturated heterocycles. The molecule has 1 aliphatic rings. The summed E-state index contributed by atoms with van der Waals surface area (Å²) in [5.41, 5.74) is 3.23. The van der Waals surface area contributed by atoms with Gasteiger partial charge in [0.15, 0.2) is 0 Å². The molecular weight excluding hydrogens is 431 g/mol. The predicted molar refractivity (Wildman–Crippen MR) is 135 cm³/mol. The third-order valence-electron chi connectivity index (χ3n) is 6.05. The first-order valence-electron chi connectivity index (χ1n) is 11.6. The summed E-state index contributed by atoms with van der Waals surface area (Å²) in [7, 11) is 1.71. The first-order chi connectivity index (χ1) is 16.6. The normalized spacial score (nSPS) is 14.0. The molecule has 1 heterocycles. The van der Waals surface area contributed by atoms with E-state index in [0.29, 0.717) is 17.8 Å². The number of amides is 2. The lowest BCUT2D eigenvalue weighted by Crippen LogP contribution is -2.47. The lowest BCUT2D eigenvalue weighted by atomic mass is 10.0. The van der Waals surface area contributed by atoms with Crippen molar-refractivity contribution in [3.63, 3.8) is 0 Å². The quantitative estimate of drug-likeness (QED) is 0.471. The summed E-state index contributed by atoms with van der Waals surface area (Å²) >= 11 is 0. The summed E-state index contributed by atoms with van der Waals surface area (Å²) in [6.07, 6.45) is 0.858. The van der Waals surface area contributed by atoms with Crippen LogP contribution in [0.5, 0.6) is 5.75 Å². The number of ether oxygens (including phenoxy) is 1. The van der Waals surface area contributed by atoms with Crippen LogP contribution in [0.4, 0.5) is 20.6 Å². The van der Waals surface area contributed by atoms with Crippen molar-refractivity contribution in [3.8, 4) is 16.9 Å². The van der Waals surface area contributed by atoms with Crippen molar-refractivity contribution >= 4 is 17.4 Å². The number of para-hydroxylation sites is 2. The third kappa shape index (κ3) is 6.05. The molecule has 0 saturated carbocycles. The summed E-state index contributed by atoms with van der Waals surface area (Å²) in [6.45, 7) is 5.33. The number of rotatable bonds is 8. The van der Waals surface area contributed by atoms with Crippen LogP contribution in [-0.4, -0.2) is 57.3 Å². The van der Waals surface area contributed by atoms with E-state index < -0.39 is 0 Å². The Balaban J connectivity index is 1.21. The van der Waals surface area contributed by atoms with Crippen LogP contribution in [-0.2, 0) is 0 Å². The maximum absolute atomic E-state index is 13.8. The Kier molecular flexibility index (Phi) is 7.99. The number of benzene rings is 3. The fourth-order valence-corrected chi connectivity index (χ4v) is 4.26. The molecule has 178 valence electrons. The highest BCUT2D eigenvalue weighted by Crippen LogP contribution is 2.29. The lowest BCUT2D eigenvalue weighted by Gasteiger charge is -2.36. The molecule has 3 aromatic rings. The smallest absolute Gasteiger partial charge is 0.319 e. The van der Waals surface area contributed by atoms with E-state index in [4.69, 9.17) is 4.74 Å². The molecule has 2 N–H and O–H groups in total. The molecule has 0 atom stereocenters. The van der Waals surface area contributed by atoms with Crippen molar-refractivity contribution in [1.29, 1.82) is 0 Å². The summed E-state index contributed by atoms with van der Waals surface area (Å²) in [6, 6.07) is 21.7. The number of hydrogen-bond acceptors (Lipinski definition) is 4. The molecule has 4 rings (SSSR count). The van der Waals surface area contributed by atoms with Crippen molar-refractivity contribution in [2.75, 3.05) is 56.6 Å². The molecule has 6 nitrogen and oxygen atoms in total. The van der Waals surface area contributed by atoms with E-state index in [9.17, 15) is 9.18 Å². The van der Waals surface area contributed by atoms with Gasteiger partial charge in [-0.2, -0.15) is 0 Å². The van der Waals surface area contributed by atoms with Gasteiger partial charge in [-0.1, -0.05) is 42.5 Å². The van der Waals surface area contributed by atoms with Crippen molar-refractivity contribution in [3.05, 3.63) is 78.6 Å². The number of halogens is 1. The SMILES string of the molecule is COc1ccccc1N1CCN(CCCNC(=O)Nc2ccc(F)cc2-c2ccccc2)CC1. The number of nitrogens with one attached hydrogen (secondary N) is 2. The summed E-state index contributed by atoms with van der Waals surface area (Å²) in [4.78, 5) is 17.2. The van der Waals surface area contributed by atoms with Crippen LogP contribution in [0, 0.1) is 5.82 Å². The number of nitrogens with zero attached hydrogens (tertiary/aromatic N) is 2. The van der Waals surface area contributed by atoms with Crippen molar-refractivity contribution in [2.24, 2.45) is 0 Å². The Morgan fingerprint density at radius 3 is 2.47 bits per heavy atom. The van der Waals surface area contributed by atoms with Crippen LogP contribution < -0.4 is 20.3 Å². The molecule has 7 heteroatoms. The predicted octanol–water partition coefficient (Wildman–Crippen LogP) is 4.84. The highest BCUT2D eigenvalue weighted by molar-refractivity contribution is 5.94. The molecule has 1 aliphatic heterocycles. The van der Waals surface area contributed by atoms with Crippen molar-refractivity contribution in [2.45, 2.75) is 6.42 Å². The highest BCUT2D eigenvalue weighted by Gasteiger charge is 2.19. The first kappa shape index (κ1) is 23.6. The summed E-state index contributed by atoms with van der Waals surface area (Å²) < 4.78 is 19.3. The van der Waals surface area contributed by atoms with Crippen LogP contribution >= 0.6 is 0 Å². The van der Waals surface area contributed by atoms with E-state index in [-0.39, 0.29) is 11.8 Å². The zero-order chi connectivity index (χ0) is 23.8. The van der Waals surface area contributed by atoms with Crippen LogP contribution in [0.3, 0.4) is 0 Å². The first-order valence-corrected chi connectivity index (χ1v) is 11.6. The van der Waals surface area contributed by atoms with Gasteiger partial charge in [0.05, 0.1) is 18.5 Å². The van der Waals surface area contributed by atoms with Crippen LogP contribution in [0.25, 0.3) is 11.1 Å². The summed E-state index contributed by atoms with van der Waals surface area (Å²) in [5, 5.41) is 5.78. The topological polar surface area (TPSA) is 56.8 Å². The molecule has 2 amide bonds. The van der Waals surface area contributed by atoms with E-state index in [0.717, 1.165) is 56.1 Å². The second kappa shape index (κ2) is 11.5. The van der Waals surface area contributed by atoms with Gasteiger partial charge < -0.3 is 20.3 Å². The number of methoxy groups -OCH3 is 1. The average Bonchev–Trinajstić information content (AvgIpc) is 2.88. The Labute approximate surface area is 200 Å². The molecule has 0 spiro atoms. The van der Waals surface area contributed by atoms with E-state index in [1.165, 1.54) is 12.1 Å². The van der Waals surface area contributed by atoms with E-state index in [1.54, 1.807) is 13.2 Å². The van der Waals surface area contributed by atoms with E-state index >= 15 is 0 Å². The zero-order valence-electron chi connectivity index (χ0n) is 19.5. The van der Waals surface area contributed by atoms with Gasteiger partial charge in [-0.15, -0.1) is 0 Å². The van der Waals surface area contributed by atoms with Gasteiger partial charge in [-0.3, -0.25) is 4.90 Å². The van der Waals surface area contributed by atoms with Gasteiger partial charge >= 0.3 is 6.03 Å². The molecular formula is C27H31FN4O2. The minimum atomic E-state index is -0.337. The minimum Gasteiger partial charge on any atom is -0.495 e. The Bertz CT molecular complexity index is 1080. The molecule has 0 bridgehead atoms. The second-order valence-electron chi connectivity index (χ2n) is 8.29. The molecule has 1 fully saturated rings. The van der Waals surface area contributed by atoms with Crippen LogP contribution in [0.15, 0.2) is 72.8 Å². The maximum atomic E-state index is 13.8. The number of carbonyl (C=O) groups is 1. The number of anilines is 2. The molecule has 0 unspecified atom stereocenters. The van der Waals surface area contributed by atoms with Gasteiger partial charge in [-0.05, 0) is 48.9 Å². The molecule has 0 aliphatic carbocycles. The van der Waals surface area contributed by atoms with Crippen molar-refractivity contribution < 1.29 is 13.9 Å². The van der Waals surface area contributed by atoms with Gasteiger partial charge in [0.25, 0.3) is 0 Å². The van der Waals surface area contributed by atoms with Crippen LogP contribution in [0.1, 0.15) is 6.42 Å². The number of urea groups is 1. The molecule has 0 aromatic heterocycles. The maximum Gasteiger partial charge on any atom is 0.319 e. The monoisotopic (exact) mass is 462 g/mol. The van der Waals surface area contributed by atoms with E-state index in [2.05, 4.69) is 26.5 Å². The van der Waals surface area contributed by atoms with Crippen molar-refractivity contribution in [1.82, 2.24) is 10.2 Å². The standard InChI is InChI=1S/C27H31FN4O2/c1-34-26-11-6-5-10-25(26)32-18-16-31(17-19-32)15-7-14-29-27(33)30-24-13-12-22(28)20-23(24)21-8-3-2-4-9-21/h2-6,8-13,20H,7,14-19H2,1H3,(H2,29,30,33). The Morgan fingerprint density at radius 2 is 1.71 bits per heavy atom. The lowest BCUT2D eigenvalue weighted by molar-refractivity contribution is 0.244. The fourth-order valence-electron chi connectivity index (χ4n) is 4.26. The molecule has 34 heavy (non-hydrogen) atoms. The molecule has 3 aromatic carbocycles. The average molecular weight is 463 g/mol. The highest BCUT2D eigenvalue weighted by atomic mass is 19.1. The second-order valence-corrected chi connectivity index (χ2v) is 8.29. The Hall–Kier alpha value is -3.58. The van der Waals surface area contributed by atoms with Gasteiger partial charge in [0, 0.05) is 38.3 Å². The zero-order valence-corrected chi connectivity index (χ0v) is 19.5. The van der Waals surface area contributed by atoms with Gasteiger partial charge in [0.2, 0.25) is 0 Å². The van der Waals surface area contributed by atoms with Gasteiger partial charge in [0.1, 0.15) is 11.6 Å². The third-order valence-corrected chi connectivity index (χ3v) is 6.05. The number of piperazine rings is 1. The molecule has 0 radical (unpaired) electrons. The Morgan fingerprint density at radius 1 is 0.971 bits per heavy atom. The van der Waals surface area contributed by atoms with Gasteiger partial charge in [-0.25, -0.2) is 9.18 Å².